The van der Waals surface area contributed by atoms with Crippen molar-refractivity contribution in [2.45, 2.75) is 38.8 Å². The number of rotatable bonds is 2. The van der Waals surface area contributed by atoms with Gasteiger partial charge in [0.1, 0.15) is 6.54 Å². The third-order valence-corrected chi connectivity index (χ3v) is 4.45. The molecule has 2 heterocycles. The molecule has 2 atom stereocenters. The van der Waals surface area contributed by atoms with E-state index >= 15 is 0 Å². The number of fused-ring (bicyclic) bond motifs is 1. The molecule has 1 aromatic rings. The molecule has 0 amide bonds. The number of aromatic nitrogens is 2. The van der Waals surface area contributed by atoms with Crippen molar-refractivity contribution >= 4 is 16.9 Å². The molecular formula is C11H16N4OS. The Morgan fingerprint density at radius 2 is 2.47 bits per heavy atom. The minimum absolute atomic E-state index is 0.504. The summed E-state index contributed by atoms with van der Waals surface area (Å²) in [4.78, 5) is 8.65. The maximum atomic E-state index is 4.92. The summed E-state index contributed by atoms with van der Waals surface area (Å²) in [6.45, 7) is 2.30. The van der Waals surface area contributed by atoms with E-state index in [4.69, 9.17) is 4.52 Å². The van der Waals surface area contributed by atoms with Crippen LogP contribution in [0, 0.1) is 12.8 Å². The largest absolute Gasteiger partial charge is 0.362 e. The Bertz CT molecular complexity index is 431. The molecule has 1 aromatic heterocycles. The minimum Gasteiger partial charge on any atom is -0.362 e. The van der Waals surface area contributed by atoms with Crippen LogP contribution >= 0.6 is 11.8 Å². The quantitative estimate of drug-likeness (QED) is 0.868. The molecule has 1 aliphatic carbocycles. The Morgan fingerprint density at radius 1 is 1.53 bits per heavy atom. The van der Waals surface area contributed by atoms with E-state index in [-0.39, 0.29) is 0 Å². The summed E-state index contributed by atoms with van der Waals surface area (Å²) in [5.41, 5.74) is 0. The molecule has 0 aromatic carbocycles. The van der Waals surface area contributed by atoms with Crippen LogP contribution in [0.15, 0.2) is 9.52 Å². The zero-order valence-corrected chi connectivity index (χ0v) is 10.7. The van der Waals surface area contributed by atoms with Crippen molar-refractivity contribution in [1.82, 2.24) is 15.5 Å². The molecule has 6 heteroatoms. The highest BCUT2D eigenvalue weighted by molar-refractivity contribution is 8.13. The summed E-state index contributed by atoms with van der Waals surface area (Å²) in [7, 11) is 0. The number of aryl methyl sites for hydroxylation is 1. The first-order chi connectivity index (χ1) is 8.31. The summed E-state index contributed by atoms with van der Waals surface area (Å²) in [5.74, 6) is 3.29. The third kappa shape index (κ3) is 2.46. The second kappa shape index (κ2) is 4.68. The van der Waals surface area contributed by atoms with Gasteiger partial charge in [-0.15, -0.1) is 0 Å². The maximum Gasteiger partial charge on any atom is 0.223 e. The second-order valence-corrected chi connectivity index (χ2v) is 5.61. The van der Waals surface area contributed by atoms with Gasteiger partial charge in [-0.25, -0.2) is 0 Å². The van der Waals surface area contributed by atoms with Crippen molar-refractivity contribution in [1.29, 1.82) is 0 Å². The first kappa shape index (κ1) is 11.1. The average molecular weight is 252 g/mol. The van der Waals surface area contributed by atoms with Crippen LogP contribution in [0.1, 0.15) is 31.0 Å². The van der Waals surface area contributed by atoms with Gasteiger partial charge in [0.15, 0.2) is 11.0 Å². The van der Waals surface area contributed by atoms with Crippen LogP contribution in [0.2, 0.25) is 0 Å². The van der Waals surface area contributed by atoms with Gasteiger partial charge >= 0.3 is 0 Å². The van der Waals surface area contributed by atoms with Crippen LogP contribution in [0.25, 0.3) is 0 Å². The molecule has 1 saturated heterocycles. The molecule has 2 aliphatic rings. The van der Waals surface area contributed by atoms with Crippen molar-refractivity contribution in [2.75, 3.05) is 5.75 Å². The lowest BCUT2D eigenvalue weighted by molar-refractivity contribution is 0.387. The van der Waals surface area contributed by atoms with E-state index < -0.39 is 0 Å². The highest BCUT2D eigenvalue weighted by Crippen LogP contribution is 2.32. The highest BCUT2D eigenvalue weighted by atomic mass is 32.2. The zero-order valence-electron chi connectivity index (χ0n) is 9.85. The van der Waals surface area contributed by atoms with Gasteiger partial charge in [0.2, 0.25) is 5.89 Å². The van der Waals surface area contributed by atoms with Crippen LogP contribution < -0.4 is 5.32 Å². The first-order valence-electron chi connectivity index (χ1n) is 6.04. The number of nitrogens with one attached hydrogen (secondary N) is 1. The van der Waals surface area contributed by atoms with E-state index in [1.165, 1.54) is 25.0 Å². The van der Waals surface area contributed by atoms with Gasteiger partial charge in [0, 0.05) is 18.7 Å². The Morgan fingerprint density at radius 3 is 3.29 bits per heavy atom. The summed E-state index contributed by atoms with van der Waals surface area (Å²) in [6.07, 6.45) is 3.99. The van der Waals surface area contributed by atoms with E-state index in [0.717, 1.165) is 11.1 Å². The van der Waals surface area contributed by atoms with Gasteiger partial charge in [0.25, 0.3) is 0 Å². The highest BCUT2D eigenvalue weighted by Gasteiger charge is 2.31. The summed E-state index contributed by atoms with van der Waals surface area (Å²) < 4.78 is 4.92. The molecule has 0 bridgehead atoms. The van der Waals surface area contributed by atoms with Crippen molar-refractivity contribution < 1.29 is 4.52 Å². The Labute approximate surface area is 104 Å². The van der Waals surface area contributed by atoms with Crippen LogP contribution in [-0.2, 0) is 6.54 Å². The molecular weight excluding hydrogens is 236 g/mol. The lowest BCUT2D eigenvalue weighted by Gasteiger charge is -2.27. The molecule has 2 unspecified atom stereocenters. The first-order valence-corrected chi connectivity index (χ1v) is 7.03. The topological polar surface area (TPSA) is 63.3 Å². The predicted octanol–water partition coefficient (Wildman–Crippen LogP) is 1.74. The van der Waals surface area contributed by atoms with Crippen molar-refractivity contribution in [2.24, 2.45) is 10.9 Å². The number of thioether (sulfide) groups is 1. The number of hydrogen-bond donors (Lipinski definition) is 1. The summed E-state index contributed by atoms with van der Waals surface area (Å²) >= 11 is 1.82. The van der Waals surface area contributed by atoms with Crippen LogP contribution in [0.3, 0.4) is 0 Å². The Hall–Kier alpha value is -1.04. The van der Waals surface area contributed by atoms with Crippen LogP contribution in [0.4, 0.5) is 0 Å². The molecule has 0 radical (unpaired) electrons. The summed E-state index contributed by atoms with van der Waals surface area (Å²) in [5, 5.41) is 8.39. The maximum absolute atomic E-state index is 4.92. The number of hydrogen-bond acceptors (Lipinski definition) is 5. The van der Waals surface area contributed by atoms with Gasteiger partial charge in [0.05, 0.1) is 0 Å². The molecule has 1 aliphatic heterocycles. The lowest BCUT2D eigenvalue weighted by Crippen LogP contribution is -2.41. The van der Waals surface area contributed by atoms with Crippen LogP contribution in [0.5, 0.6) is 0 Å². The van der Waals surface area contributed by atoms with Gasteiger partial charge < -0.3 is 9.84 Å². The SMILES string of the molecule is Cc1nc(CN=C2NC3CCCC3CS2)no1. The molecule has 1 N–H and O–H groups in total. The van der Waals surface area contributed by atoms with Gasteiger partial charge in [-0.1, -0.05) is 23.3 Å². The fourth-order valence-corrected chi connectivity index (χ4v) is 3.61. The molecule has 1 saturated carbocycles. The molecule has 5 nitrogen and oxygen atoms in total. The van der Waals surface area contributed by atoms with Gasteiger partial charge in [-0.3, -0.25) is 4.99 Å². The third-order valence-electron chi connectivity index (χ3n) is 3.34. The Balaban J connectivity index is 1.61. The van der Waals surface area contributed by atoms with E-state index in [1.807, 2.05) is 11.8 Å². The van der Waals surface area contributed by atoms with E-state index in [1.54, 1.807) is 6.92 Å². The number of nitrogens with zero attached hydrogens (tertiary/aromatic N) is 3. The monoisotopic (exact) mass is 252 g/mol. The van der Waals surface area contributed by atoms with E-state index in [0.29, 0.717) is 24.3 Å². The van der Waals surface area contributed by atoms with E-state index in [2.05, 4.69) is 20.4 Å². The average Bonchev–Trinajstić information content (AvgIpc) is 2.94. The van der Waals surface area contributed by atoms with Crippen molar-refractivity contribution in [3.05, 3.63) is 11.7 Å². The van der Waals surface area contributed by atoms with Gasteiger partial charge in [-0.05, 0) is 18.8 Å². The molecule has 0 spiro atoms. The molecule has 3 rings (SSSR count). The minimum atomic E-state index is 0.504. The zero-order chi connectivity index (χ0) is 11.7. The second-order valence-electron chi connectivity index (χ2n) is 4.60. The van der Waals surface area contributed by atoms with Crippen molar-refractivity contribution in [3.8, 4) is 0 Å². The number of amidine groups is 1. The standard InChI is InChI=1S/C11H16N4OS/c1-7-13-10(15-16-7)5-12-11-14-9-4-2-3-8(9)6-17-11/h8-9H,2-6H2,1H3,(H,12,14). The van der Waals surface area contributed by atoms with Gasteiger partial charge in [-0.2, -0.15) is 4.98 Å². The smallest absolute Gasteiger partial charge is 0.223 e. The summed E-state index contributed by atoms with van der Waals surface area (Å²) in [6, 6.07) is 0.641. The number of aliphatic imine (C=N–C) groups is 1. The molecule has 2 fully saturated rings. The fraction of sp³-hybridized carbons (Fsp3) is 0.727. The normalized spacial score (nSPS) is 30.3. The van der Waals surface area contributed by atoms with Crippen LogP contribution in [-0.4, -0.2) is 27.1 Å². The lowest BCUT2D eigenvalue weighted by atomic mass is 10.1. The molecule has 92 valence electrons. The van der Waals surface area contributed by atoms with Crippen molar-refractivity contribution in [3.63, 3.8) is 0 Å². The molecule has 17 heavy (non-hydrogen) atoms. The Kier molecular flexibility index (Phi) is 3.05. The fourth-order valence-electron chi connectivity index (χ4n) is 2.45. The van der Waals surface area contributed by atoms with E-state index in [9.17, 15) is 0 Å². The predicted molar refractivity (Wildman–Crippen MR) is 66.9 cm³/mol.